The van der Waals surface area contributed by atoms with Crippen LogP contribution in [0.2, 0.25) is 0 Å². The summed E-state index contributed by atoms with van der Waals surface area (Å²) in [6.07, 6.45) is -3.14. The predicted octanol–water partition coefficient (Wildman–Crippen LogP) is -0.671. The van der Waals surface area contributed by atoms with Gasteiger partial charge < -0.3 is 0 Å². The fraction of sp³-hybridized carbons (Fsp3) is 0.667. The van der Waals surface area contributed by atoms with Crippen molar-refractivity contribution in [2.45, 2.75) is 32.1 Å². The van der Waals surface area contributed by atoms with E-state index in [1.165, 1.54) is 0 Å². The van der Waals surface area contributed by atoms with Gasteiger partial charge in [-0.3, -0.25) is 0 Å². The van der Waals surface area contributed by atoms with Crippen LogP contribution in [0, 0.1) is 0 Å². The van der Waals surface area contributed by atoms with E-state index in [-0.39, 0.29) is 0 Å². The first kappa shape index (κ1) is 29.0. The molecule has 0 amide bonds. The van der Waals surface area contributed by atoms with Crippen LogP contribution in [0.1, 0.15) is 32.1 Å². The molecule has 15 nitrogen and oxygen atoms in total. The summed E-state index contributed by atoms with van der Waals surface area (Å²) in [6, 6.07) is 0. The quantitative estimate of drug-likeness (QED) is 0.115. The van der Waals surface area contributed by atoms with E-state index in [9.17, 15) is 24.0 Å². The molecule has 0 fully saturated rings. The molecule has 180 valence electrons. The normalized spacial score (nSPS) is 12.6. The van der Waals surface area contributed by atoms with Crippen LogP contribution in [0.5, 0.6) is 0 Å². The van der Waals surface area contributed by atoms with Gasteiger partial charge in [-0.1, -0.05) is 0 Å². The number of carboxylic acids is 5. The molecule has 0 radical (unpaired) electrons. The summed E-state index contributed by atoms with van der Waals surface area (Å²) < 4.78 is 27.1. The van der Waals surface area contributed by atoms with Gasteiger partial charge in [0.1, 0.15) is 0 Å². The fourth-order valence-electron chi connectivity index (χ4n) is 1.78. The zero-order valence-electron chi connectivity index (χ0n) is 16.3. The van der Waals surface area contributed by atoms with Gasteiger partial charge in [0.2, 0.25) is 0 Å². The minimum atomic E-state index is -6.52. The van der Waals surface area contributed by atoms with Crippen molar-refractivity contribution in [1.29, 1.82) is 0 Å². The van der Waals surface area contributed by atoms with Crippen LogP contribution in [0.15, 0.2) is 0 Å². The number of carboxylic acid groups (broad SMARTS) is 5. The number of carbonyl (C=O) groups is 5. The van der Waals surface area contributed by atoms with Gasteiger partial charge in [0.25, 0.3) is 0 Å². The van der Waals surface area contributed by atoms with Crippen LogP contribution in [0.3, 0.4) is 0 Å². The minimum absolute atomic E-state index is 0.628. The summed E-state index contributed by atoms with van der Waals surface area (Å²) in [5.74, 6) is -6.59. The summed E-state index contributed by atoms with van der Waals surface area (Å²) in [7, 11) is 0. The second-order valence-corrected chi connectivity index (χ2v) is 13.6. The van der Waals surface area contributed by atoms with Crippen molar-refractivity contribution in [3.8, 4) is 0 Å². The standard InChI is InChI=1S/5C3H5O3.Sb/c5*4-2-1-3(5)6;/h5*1-2H2,(H,5,6);/q5*-1;+5. The van der Waals surface area contributed by atoms with Gasteiger partial charge in [-0.25, -0.2) is 0 Å². The van der Waals surface area contributed by atoms with Gasteiger partial charge in [0, 0.05) is 0 Å². The van der Waals surface area contributed by atoms with Gasteiger partial charge >= 0.3 is 179 Å². The van der Waals surface area contributed by atoms with E-state index in [0.717, 1.165) is 0 Å². The zero-order valence-corrected chi connectivity index (χ0v) is 18.9. The number of aliphatic carboxylic acids is 5. The molecule has 0 bridgehead atoms. The van der Waals surface area contributed by atoms with E-state index in [4.69, 9.17) is 40.6 Å². The van der Waals surface area contributed by atoms with Crippen molar-refractivity contribution in [3.63, 3.8) is 0 Å². The SMILES string of the molecule is O=C(O)CC[O][Sb]([O]CCC(=O)O)([O]CCC(=O)O)([O]CCC(=O)O)[O]CCC(=O)O. The van der Waals surface area contributed by atoms with E-state index >= 15 is 0 Å². The van der Waals surface area contributed by atoms with E-state index in [0.29, 0.717) is 0 Å². The second kappa shape index (κ2) is 14.1. The first-order valence-electron chi connectivity index (χ1n) is 8.76. The summed E-state index contributed by atoms with van der Waals surface area (Å²) in [4.78, 5) is 54.4. The van der Waals surface area contributed by atoms with Gasteiger partial charge in [-0.05, 0) is 0 Å². The molecular weight excluding hydrogens is 542 g/mol. The molecule has 0 saturated heterocycles. The van der Waals surface area contributed by atoms with Crippen molar-refractivity contribution in [3.05, 3.63) is 0 Å². The van der Waals surface area contributed by atoms with Crippen LogP contribution in [0.25, 0.3) is 0 Å². The molecule has 0 aliphatic heterocycles. The molecule has 0 aromatic heterocycles. The second-order valence-electron chi connectivity index (χ2n) is 5.63. The fourth-order valence-corrected chi connectivity index (χ4v) is 9.47. The summed E-state index contributed by atoms with van der Waals surface area (Å²) in [5.41, 5.74) is 0. The topological polar surface area (TPSA) is 233 Å². The van der Waals surface area contributed by atoms with E-state index in [1.54, 1.807) is 0 Å². The Balaban J connectivity index is 6.00. The number of rotatable bonds is 20. The van der Waals surface area contributed by atoms with E-state index in [2.05, 4.69) is 0 Å². The molecule has 0 aromatic carbocycles. The van der Waals surface area contributed by atoms with Gasteiger partial charge in [0.05, 0.1) is 0 Å². The molecule has 5 N–H and O–H groups in total. The van der Waals surface area contributed by atoms with Crippen LogP contribution in [-0.4, -0.2) is 108 Å². The van der Waals surface area contributed by atoms with Crippen molar-refractivity contribution in [1.82, 2.24) is 0 Å². The van der Waals surface area contributed by atoms with Crippen molar-refractivity contribution >= 4 is 49.3 Å². The third kappa shape index (κ3) is 13.1. The number of hydrogen-bond donors (Lipinski definition) is 5. The summed E-state index contributed by atoms with van der Waals surface area (Å²) in [6.45, 7) is -3.28. The molecule has 0 heterocycles. The molecular formula is C15H25O15Sb. The average molecular weight is 567 g/mol. The maximum atomic E-state index is 10.9. The maximum absolute atomic E-state index is 10.9. The van der Waals surface area contributed by atoms with Gasteiger partial charge in [-0.15, -0.1) is 0 Å². The van der Waals surface area contributed by atoms with Crippen LogP contribution in [-0.2, 0) is 39.0 Å². The molecule has 0 unspecified atom stereocenters. The number of hydrogen-bond acceptors (Lipinski definition) is 10. The molecule has 31 heavy (non-hydrogen) atoms. The van der Waals surface area contributed by atoms with E-state index in [1.807, 2.05) is 0 Å². The molecule has 0 aromatic rings. The van der Waals surface area contributed by atoms with Crippen LogP contribution >= 0.6 is 0 Å². The molecule has 0 aliphatic carbocycles. The molecule has 0 saturated carbocycles. The molecule has 0 aliphatic rings. The van der Waals surface area contributed by atoms with Gasteiger partial charge in [-0.2, -0.15) is 0 Å². The Bertz CT molecular complexity index is 515. The van der Waals surface area contributed by atoms with Crippen LogP contribution in [0.4, 0.5) is 0 Å². The Morgan fingerprint density at radius 2 is 0.581 bits per heavy atom. The molecule has 0 rings (SSSR count). The molecule has 0 atom stereocenters. The van der Waals surface area contributed by atoms with Crippen molar-refractivity contribution < 1.29 is 64.6 Å². The molecule has 0 spiro atoms. The predicted molar refractivity (Wildman–Crippen MR) is 96.8 cm³/mol. The molecule has 16 heteroatoms. The third-order valence-corrected chi connectivity index (χ3v) is 11.7. The van der Waals surface area contributed by atoms with E-state index < -0.39 is 114 Å². The Hall–Kier alpha value is -2.03. The average Bonchev–Trinajstić information content (AvgIpc) is 2.60. The first-order chi connectivity index (χ1) is 14.4. The summed E-state index contributed by atoms with van der Waals surface area (Å²) >= 11 is -6.52. The Kier molecular flexibility index (Phi) is 13.2. The zero-order chi connectivity index (χ0) is 23.9. The Morgan fingerprint density at radius 1 is 0.419 bits per heavy atom. The van der Waals surface area contributed by atoms with Crippen LogP contribution < -0.4 is 0 Å². The van der Waals surface area contributed by atoms with Crippen molar-refractivity contribution in [2.75, 3.05) is 33.0 Å². The Labute approximate surface area is 179 Å². The summed E-state index contributed by atoms with van der Waals surface area (Å²) in [5, 5.41) is 44.3. The van der Waals surface area contributed by atoms with Crippen molar-refractivity contribution in [2.24, 2.45) is 0 Å². The van der Waals surface area contributed by atoms with Gasteiger partial charge in [0.15, 0.2) is 0 Å². The Morgan fingerprint density at radius 3 is 0.710 bits per heavy atom. The third-order valence-electron chi connectivity index (χ3n) is 3.09. The monoisotopic (exact) mass is 566 g/mol. The first-order valence-corrected chi connectivity index (χ1v) is 14.0.